The summed E-state index contributed by atoms with van der Waals surface area (Å²) in [4.78, 5) is 14.9. The number of methoxy groups -OCH3 is 1. The maximum absolute atomic E-state index is 13.1. The number of rotatable bonds is 7. The summed E-state index contributed by atoms with van der Waals surface area (Å²) in [7, 11) is 1.63. The molecule has 2 heterocycles. The number of amides is 1. The first kappa shape index (κ1) is 18.3. The molecule has 0 saturated heterocycles. The Morgan fingerprint density at radius 2 is 2.00 bits per heavy atom. The number of benzene rings is 1. The Morgan fingerprint density at radius 3 is 2.75 bits per heavy atom. The lowest BCUT2D eigenvalue weighted by Gasteiger charge is -2.23. The van der Waals surface area contributed by atoms with Crippen molar-refractivity contribution in [2.75, 3.05) is 7.11 Å². The minimum absolute atomic E-state index is 0.0931. The molecular weight excluding hydrogens is 356 g/mol. The lowest BCUT2D eigenvalue weighted by atomic mass is 10.1. The molecule has 2 aromatic heterocycles. The summed E-state index contributed by atoms with van der Waals surface area (Å²) in [5.41, 5.74) is 1.54. The van der Waals surface area contributed by atoms with E-state index in [4.69, 9.17) is 13.7 Å². The van der Waals surface area contributed by atoms with E-state index in [1.165, 1.54) is 0 Å². The summed E-state index contributed by atoms with van der Waals surface area (Å²) in [6.07, 6.45) is 5.78. The highest BCUT2D eigenvalue weighted by molar-refractivity contribution is 5.79. The van der Waals surface area contributed by atoms with Crippen LogP contribution in [0.15, 0.2) is 57.7 Å². The second-order valence-corrected chi connectivity index (χ2v) is 7.14. The molecular formula is C22H24N2O4. The molecule has 4 rings (SSSR count). The lowest BCUT2D eigenvalue weighted by molar-refractivity contribution is -0.137. The number of ether oxygens (including phenoxy) is 1. The molecule has 1 aliphatic carbocycles. The highest BCUT2D eigenvalue weighted by atomic mass is 16.5. The maximum Gasteiger partial charge on any atom is 0.226 e. The highest BCUT2D eigenvalue weighted by Gasteiger charge is 2.28. The molecule has 6 heteroatoms. The number of hydrogen-bond donors (Lipinski definition) is 0. The topological polar surface area (TPSA) is 68.7 Å². The molecule has 0 aliphatic heterocycles. The van der Waals surface area contributed by atoms with Crippen molar-refractivity contribution in [3.63, 3.8) is 0 Å². The van der Waals surface area contributed by atoms with Crippen molar-refractivity contribution in [2.24, 2.45) is 5.92 Å². The quantitative estimate of drug-likeness (QED) is 0.596. The van der Waals surface area contributed by atoms with Crippen molar-refractivity contribution < 1.29 is 18.5 Å². The molecule has 1 aliphatic rings. The van der Waals surface area contributed by atoms with E-state index in [0.717, 1.165) is 42.8 Å². The van der Waals surface area contributed by atoms with Crippen LogP contribution in [0.5, 0.6) is 5.75 Å². The molecule has 0 bridgehead atoms. The van der Waals surface area contributed by atoms with Gasteiger partial charge in [-0.05, 0) is 37.1 Å². The first-order valence-electron chi connectivity index (χ1n) is 9.65. The number of aromatic nitrogens is 1. The van der Waals surface area contributed by atoms with Crippen molar-refractivity contribution >= 4 is 5.91 Å². The molecule has 0 atom stereocenters. The molecule has 1 fully saturated rings. The zero-order chi connectivity index (χ0) is 19.3. The van der Waals surface area contributed by atoms with Gasteiger partial charge in [-0.2, -0.15) is 0 Å². The molecule has 3 aromatic rings. The van der Waals surface area contributed by atoms with Gasteiger partial charge in [0, 0.05) is 12.0 Å². The third kappa shape index (κ3) is 3.96. The number of nitrogens with zero attached hydrogens (tertiary/aromatic N) is 2. The number of furan rings is 1. The Hall–Kier alpha value is -3.02. The number of carbonyl (C=O) groups excluding carboxylic acids is 1. The first-order valence-corrected chi connectivity index (χ1v) is 9.65. The van der Waals surface area contributed by atoms with E-state index in [-0.39, 0.29) is 11.8 Å². The van der Waals surface area contributed by atoms with Crippen molar-refractivity contribution in [1.82, 2.24) is 10.1 Å². The van der Waals surface area contributed by atoms with Gasteiger partial charge in [-0.3, -0.25) is 4.79 Å². The zero-order valence-electron chi connectivity index (χ0n) is 16.0. The van der Waals surface area contributed by atoms with Crippen LogP contribution in [0.3, 0.4) is 0 Å². The molecule has 0 unspecified atom stereocenters. The van der Waals surface area contributed by atoms with Crippen LogP contribution in [-0.2, 0) is 17.9 Å². The standard InChI is InChI=1S/C22H24N2O4/c1-26-20-11-5-4-10-19(20)21-13-17(23-28-21)14-24(15-18-9-6-12-27-18)22(25)16-7-2-3-8-16/h4-6,9-13,16H,2-3,7-8,14-15H2,1H3. The number of para-hydroxylation sites is 1. The van der Waals surface area contributed by atoms with Crippen molar-refractivity contribution in [3.8, 4) is 17.1 Å². The van der Waals surface area contributed by atoms with Crippen molar-refractivity contribution in [2.45, 2.75) is 38.8 Å². The van der Waals surface area contributed by atoms with E-state index in [1.807, 2.05) is 47.4 Å². The fourth-order valence-corrected chi connectivity index (χ4v) is 3.79. The third-order valence-corrected chi connectivity index (χ3v) is 5.23. The maximum atomic E-state index is 13.1. The molecule has 0 spiro atoms. The monoisotopic (exact) mass is 380 g/mol. The van der Waals surface area contributed by atoms with Gasteiger partial charge in [0.2, 0.25) is 5.91 Å². The largest absolute Gasteiger partial charge is 0.496 e. The van der Waals surface area contributed by atoms with E-state index in [2.05, 4.69) is 5.16 Å². The average Bonchev–Trinajstić information content (AvgIpc) is 3.49. The van der Waals surface area contributed by atoms with Crippen LogP contribution in [0.2, 0.25) is 0 Å². The minimum Gasteiger partial charge on any atom is -0.496 e. The predicted octanol–water partition coefficient (Wildman–Crippen LogP) is 4.66. The van der Waals surface area contributed by atoms with Gasteiger partial charge in [0.25, 0.3) is 0 Å². The van der Waals surface area contributed by atoms with Gasteiger partial charge in [-0.1, -0.05) is 30.1 Å². The van der Waals surface area contributed by atoms with Gasteiger partial charge >= 0.3 is 0 Å². The zero-order valence-corrected chi connectivity index (χ0v) is 16.0. The van der Waals surface area contributed by atoms with E-state index < -0.39 is 0 Å². The predicted molar refractivity (Wildman–Crippen MR) is 103 cm³/mol. The smallest absolute Gasteiger partial charge is 0.226 e. The molecule has 6 nitrogen and oxygen atoms in total. The lowest BCUT2D eigenvalue weighted by Crippen LogP contribution is -2.34. The van der Waals surface area contributed by atoms with E-state index in [9.17, 15) is 4.79 Å². The van der Waals surface area contributed by atoms with Crippen LogP contribution < -0.4 is 4.74 Å². The average molecular weight is 380 g/mol. The second-order valence-electron chi connectivity index (χ2n) is 7.14. The van der Waals surface area contributed by atoms with Gasteiger partial charge in [0.05, 0.1) is 32.0 Å². The number of carbonyl (C=O) groups is 1. The highest BCUT2D eigenvalue weighted by Crippen LogP contribution is 2.31. The third-order valence-electron chi connectivity index (χ3n) is 5.23. The van der Waals surface area contributed by atoms with Crippen LogP contribution in [0.25, 0.3) is 11.3 Å². The van der Waals surface area contributed by atoms with Crippen LogP contribution >= 0.6 is 0 Å². The summed E-state index contributed by atoms with van der Waals surface area (Å²) in [6.45, 7) is 0.813. The Labute approximate surface area is 164 Å². The summed E-state index contributed by atoms with van der Waals surface area (Å²) in [5, 5.41) is 4.19. The summed E-state index contributed by atoms with van der Waals surface area (Å²) in [5.74, 6) is 2.37. The summed E-state index contributed by atoms with van der Waals surface area (Å²) < 4.78 is 16.4. The summed E-state index contributed by atoms with van der Waals surface area (Å²) in [6, 6.07) is 13.2. The fourth-order valence-electron chi connectivity index (χ4n) is 3.79. The normalized spacial score (nSPS) is 14.3. The van der Waals surface area contributed by atoms with E-state index in [0.29, 0.717) is 24.5 Å². The molecule has 0 N–H and O–H groups in total. The van der Waals surface area contributed by atoms with Crippen LogP contribution in [0.1, 0.15) is 37.1 Å². The van der Waals surface area contributed by atoms with Crippen LogP contribution in [0, 0.1) is 5.92 Å². The van der Waals surface area contributed by atoms with E-state index in [1.54, 1.807) is 13.4 Å². The van der Waals surface area contributed by atoms with E-state index >= 15 is 0 Å². The number of hydrogen-bond acceptors (Lipinski definition) is 5. The minimum atomic E-state index is 0.0931. The SMILES string of the molecule is COc1ccccc1-c1cc(CN(Cc2ccco2)C(=O)C2CCCC2)no1. The van der Waals surface area contributed by atoms with Crippen LogP contribution in [-0.4, -0.2) is 23.1 Å². The molecule has 1 amide bonds. The van der Waals surface area contributed by atoms with Gasteiger partial charge in [0.1, 0.15) is 17.2 Å². The van der Waals surface area contributed by atoms with Crippen molar-refractivity contribution in [3.05, 3.63) is 60.2 Å². The molecule has 146 valence electrons. The second kappa shape index (κ2) is 8.33. The van der Waals surface area contributed by atoms with Gasteiger partial charge in [0.15, 0.2) is 5.76 Å². The van der Waals surface area contributed by atoms with Gasteiger partial charge < -0.3 is 18.6 Å². The molecule has 1 aromatic carbocycles. The Balaban J connectivity index is 1.55. The fraction of sp³-hybridized carbons (Fsp3) is 0.364. The molecule has 0 radical (unpaired) electrons. The Morgan fingerprint density at radius 1 is 1.18 bits per heavy atom. The van der Waals surface area contributed by atoms with Crippen LogP contribution in [0.4, 0.5) is 0 Å². The first-order chi connectivity index (χ1) is 13.7. The molecule has 28 heavy (non-hydrogen) atoms. The summed E-state index contributed by atoms with van der Waals surface area (Å²) >= 11 is 0. The van der Waals surface area contributed by atoms with Gasteiger partial charge in [-0.15, -0.1) is 0 Å². The Bertz CT molecular complexity index is 910. The van der Waals surface area contributed by atoms with Crippen molar-refractivity contribution in [1.29, 1.82) is 0 Å². The Kier molecular flexibility index (Phi) is 5.46. The van der Waals surface area contributed by atoms with Gasteiger partial charge in [-0.25, -0.2) is 0 Å². The molecule has 1 saturated carbocycles.